The Hall–Kier alpha value is -1.55. The van der Waals surface area contributed by atoms with Crippen LogP contribution in [0.5, 0.6) is 5.75 Å². The molecule has 1 aromatic carbocycles. The van der Waals surface area contributed by atoms with E-state index in [4.69, 9.17) is 4.74 Å². The standard InChI is InChI=1S/C14H20O4/c1-3-12(15)11-7-4-5-8-13(11)18-10-6-9-14(16)17-2/h4-5,7-8,12,15H,3,6,9-10H2,1-2H3/t12-/m0/s1. The summed E-state index contributed by atoms with van der Waals surface area (Å²) in [6.07, 6.45) is 1.07. The third-order valence-corrected chi connectivity index (χ3v) is 2.68. The number of methoxy groups -OCH3 is 1. The predicted molar refractivity (Wildman–Crippen MR) is 68.4 cm³/mol. The average molecular weight is 252 g/mol. The van der Waals surface area contributed by atoms with Crippen LogP contribution in [-0.2, 0) is 9.53 Å². The highest BCUT2D eigenvalue weighted by Crippen LogP contribution is 2.26. The van der Waals surface area contributed by atoms with Crippen LogP contribution in [0.3, 0.4) is 0 Å². The lowest BCUT2D eigenvalue weighted by molar-refractivity contribution is -0.140. The lowest BCUT2D eigenvalue weighted by atomic mass is 10.1. The van der Waals surface area contributed by atoms with Crippen LogP contribution in [0.1, 0.15) is 37.9 Å². The molecule has 4 nitrogen and oxygen atoms in total. The summed E-state index contributed by atoms with van der Waals surface area (Å²) in [4.78, 5) is 10.9. The normalized spacial score (nSPS) is 11.9. The average Bonchev–Trinajstić information content (AvgIpc) is 2.42. The van der Waals surface area contributed by atoms with E-state index in [2.05, 4.69) is 4.74 Å². The first-order valence-corrected chi connectivity index (χ1v) is 6.15. The number of aliphatic hydroxyl groups is 1. The van der Waals surface area contributed by atoms with Gasteiger partial charge in [-0.3, -0.25) is 4.79 Å². The first kappa shape index (κ1) is 14.5. The zero-order valence-corrected chi connectivity index (χ0v) is 10.9. The van der Waals surface area contributed by atoms with Gasteiger partial charge in [0.2, 0.25) is 0 Å². The molecule has 0 bridgehead atoms. The van der Waals surface area contributed by atoms with E-state index in [1.807, 2.05) is 31.2 Å². The summed E-state index contributed by atoms with van der Waals surface area (Å²) in [5.74, 6) is 0.442. The SMILES string of the molecule is CC[C@H](O)c1ccccc1OCCCC(=O)OC. The van der Waals surface area contributed by atoms with Gasteiger partial charge in [0, 0.05) is 12.0 Å². The van der Waals surface area contributed by atoms with Gasteiger partial charge in [-0.1, -0.05) is 25.1 Å². The fourth-order valence-electron chi connectivity index (χ4n) is 1.61. The van der Waals surface area contributed by atoms with Gasteiger partial charge in [-0.15, -0.1) is 0 Å². The molecule has 0 fully saturated rings. The molecule has 1 atom stereocenters. The third-order valence-electron chi connectivity index (χ3n) is 2.68. The van der Waals surface area contributed by atoms with Crippen LogP contribution in [0.25, 0.3) is 0 Å². The van der Waals surface area contributed by atoms with Crippen molar-refractivity contribution in [2.24, 2.45) is 0 Å². The van der Waals surface area contributed by atoms with Gasteiger partial charge in [0.05, 0.1) is 19.8 Å². The molecule has 0 aliphatic heterocycles. The van der Waals surface area contributed by atoms with Gasteiger partial charge < -0.3 is 14.6 Å². The summed E-state index contributed by atoms with van der Waals surface area (Å²) in [6, 6.07) is 7.41. The maximum absolute atomic E-state index is 10.9. The van der Waals surface area contributed by atoms with E-state index in [0.717, 1.165) is 5.56 Å². The zero-order valence-electron chi connectivity index (χ0n) is 10.9. The number of hydrogen-bond acceptors (Lipinski definition) is 4. The monoisotopic (exact) mass is 252 g/mol. The number of rotatable bonds is 7. The fraction of sp³-hybridized carbons (Fsp3) is 0.500. The molecule has 1 N–H and O–H groups in total. The molecule has 0 saturated heterocycles. The molecule has 0 heterocycles. The van der Waals surface area contributed by atoms with E-state index in [9.17, 15) is 9.90 Å². The summed E-state index contributed by atoms with van der Waals surface area (Å²) in [5, 5.41) is 9.84. The molecular formula is C14H20O4. The van der Waals surface area contributed by atoms with Crippen molar-refractivity contribution in [1.82, 2.24) is 0 Å². The van der Waals surface area contributed by atoms with E-state index in [0.29, 0.717) is 31.6 Å². The molecule has 100 valence electrons. The quantitative estimate of drug-likeness (QED) is 0.598. The second-order valence-electron chi connectivity index (χ2n) is 3.99. The maximum atomic E-state index is 10.9. The molecule has 0 aromatic heterocycles. The number of benzene rings is 1. The Balaban J connectivity index is 2.49. The number of carbonyl (C=O) groups excluding carboxylic acids is 1. The molecule has 18 heavy (non-hydrogen) atoms. The fourth-order valence-corrected chi connectivity index (χ4v) is 1.61. The molecule has 0 unspecified atom stereocenters. The molecule has 0 amide bonds. The van der Waals surface area contributed by atoms with Crippen LogP contribution in [0.4, 0.5) is 0 Å². The van der Waals surface area contributed by atoms with Crippen molar-refractivity contribution < 1.29 is 19.4 Å². The lowest BCUT2D eigenvalue weighted by Gasteiger charge is -2.14. The van der Waals surface area contributed by atoms with Gasteiger partial charge in [-0.25, -0.2) is 0 Å². The van der Waals surface area contributed by atoms with E-state index in [1.165, 1.54) is 7.11 Å². The Morgan fingerprint density at radius 2 is 2.11 bits per heavy atom. The molecule has 0 spiro atoms. The molecule has 0 aliphatic rings. The van der Waals surface area contributed by atoms with Gasteiger partial charge >= 0.3 is 5.97 Å². The molecule has 0 aliphatic carbocycles. The van der Waals surface area contributed by atoms with Crippen molar-refractivity contribution in [3.8, 4) is 5.75 Å². The molecule has 0 radical (unpaired) electrons. The molecular weight excluding hydrogens is 232 g/mol. The van der Waals surface area contributed by atoms with Crippen LogP contribution < -0.4 is 4.74 Å². The van der Waals surface area contributed by atoms with Gasteiger partial charge in [0.15, 0.2) is 0 Å². The smallest absolute Gasteiger partial charge is 0.305 e. The van der Waals surface area contributed by atoms with E-state index in [1.54, 1.807) is 0 Å². The minimum Gasteiger partial charge on any atom is -0.493 e. The van der Waals surface area contributed by atoms with Crippen molar-refractivity contribution >= 4 is 5.97 Å². The van der Waals surface area contributed by atoms with E-state index in [-0.39, 0.29) is 5.97 Å². The van der Waals surface area contributed by atoms with E-state index >= 15 is 0 Å². The predicted octanol–water partition coefficient (Wildman–Crippen LogP) is 2.46. The largest absolute Gasteiger partial charge is 0.493 e. The second-order valence-corrected chi connectivity index (χ2v) is 3.99. The Labute approximate surface area is 108 Å². The van der Waals surface area contributed by atoms with Crippen LogP contribution >= 0.6 is 0 Å². The van der Waals surface area contributed by atoms with Gasteiger partial charge in [0.25, 0.3) is 0 Å². The summed E-state index contributed by atoms with van der Waals surface area (Å²) in [7, 11) is 1.37. The van der Waals surface area contributed by atoms with Gasteiger partial charge in [-0.2, -0.15) is 0 Å². The Kier molecular flexibility index (Phi) is 6.22. The highest BCUT2D eigenvalue weighted by Gasteiger charge is 2.11. The second kappa shape index (κ2) is 7.71. The number of ether oxygens (including phenoxy) is 2. The highest BCUT2D eigenvalue weighted by atomic mass is 16.5. The number of para-hydroxylation sites is 1. The topological polar surface area (TPSA) is 55.8 Å². The van der Waals surface area contributed by atoms with Crippen molar-refractivity contribution in [3.05, 3.63) is 29.8 Å². The molecule has 1 rings (SSSR count). The van der Waals surface area contributed by atoms with Crippen LogP contribution in [0, 0.1) is 0 Å². The number of hydrogen-bond donors (Lipinski definition) is 1. The Morgan fingerprint density at radius 3 is 2.78 bits per heavy atom. The summed E-state index contributed by atoms with van der Waals surface area (Å²) >= 11 is 0. The van der Waals surface area contributed by atoms with Gasteiger partial charge in [0.1, 0.15) is 5.75 Å². The third kappa shape index (κ3) is 4.37. The van der Waals surface area contributed by atoms with Crippen LogP contribution in [0.15, 0.2) is 24.3 Å². The maximum Gasteiger partial charge on any atom is 0.305 e. The first-order chi connectivity index (χ1) is 8.69. The number of carbonyl (C=O) groups is 1. The lowest BCUT2D eigenvalue weighted by Crippen LogP contribution is -2.06. The highest BCUT2D eigenvalue weighted by molar-refractivity contribution is 5.69. The summed E-state index contributed by atoms with van der Waals surface area (Å²) in [6.45, 7) is 2.35. The summed E-state index contributed by atoms with van der Waals surface area (Å²) < 4.78 is 10.1. The van der Waals surface area contributed by atoms with E-state index < -0.39 is 6.10 Å². The molecule has 4 heteroatoms. The Morgan fingerprint density at radius 1 is 1.39 bits per heavy atom. The summed E-state index contributed by atoms with van der Waals surface area (Å²) in [5.41, 5.74) is 0.790. The minimum atomic E-state index is -0.512. The van der Waals surface area contributed by atoms with Crippen LogP contribution in [0.2, 0.25) is 0 Å². The van der Waals surface area contributed by atoms with Crippen molar-refractivity contribution in [3.63, 3.8) is 0 Å². The van der Waals surface area contributed by atoms with Crippen molar-refractivity contribution in [1.29, 1.82) is 0 Å². The van der Waals surface area contributed by atoms with Crippen molar-refractivity contribution in [2.75, 3.05) is 13.7 Å². The first-order valence-electron chi connectivity index (χ1n) is 6.15. The van der Waals surface area contributed by atoms with Crippen molar-refractivity contribution in [2.45, 2.75) is 32.3 Å². The molecule has 0 saturated carbocycles. The van der Waals surface area contributed by atoms with Gasteiger partial charge in [-0.05, 0) is 18.9 Å². The zero-order chi connectivity index (χ0) is 13.4. The van der Waals surface area contributed by atoms with Crippen LogP contribution in [-0.4, -0.2) is 24.8 Å². The minimum absolute atomic E-state index is 0.236. The molecule has 1 aromatic rings. The Bertz CT molecular complexity index is 376. The number of esters is 1. The number of aliphatic hydroxyl groups excluding tert-OH is 1.